The highest BCUT2D eigenvalue weighted by molar-refractivity contribution is 4.83. The first-order valence-electron chi connectivity index (χ1n) is 4.79. The quantitative estimate of drug-likeness (QED) is 0.658. The van der Waals surface area contributed by atoms with Crippen molar-refractivity contribution in [2.45, 2.75) is 51.6 Å². The van der Waals surface area contributed by atoms with E-state index >= 15 is 0 Å². The molecule has 1 rings (SSSR count). The summed E-state index contributed by atoms with van der Waals surface area (Å²) in [4.78, 5) is 0. The van der Waals surface area contributed by atoms with Crippen molar-refractivity contribution >= 4 is 0 Å². The number of hydrogen-bond donors (Lipinski definition) is 1. The van der Waals surface area contributed by atoms with E-state index in [1.54, 1.807) is 0 Å². The molecule has 0 aromatic carbocycles. The van der Waals surface area contributed by atoms with E-state index in [1.807, 2.05) is 0 Å². The summed E-state index contributed by atoms with van der Waals surface area (Å²) >= 11 is 0. The first kappa shape index (κ1) is 9.05. The molecule has 1 radical (unpaired) electrons. The van der Waals surface area contributed by atoms with Gasteiger partial charge in [0, 0.05) is 12.1 Å². The molecule has 1 heteroatoms. The van der Waals surface area contributed by atoms with Crippen LogP contribution in [0.2, 0.25) is 0 Å². The van der Waals surface area contributed by atoms with Gasteiger partial charge in [0.05, 0.1) is 0 Å². The normalized spacial score (nSPS) is 22.9. The Balaban J connectivity index is 2.22. The predicted molar refractivity (Wildman–Crippen MR) is 49.4 cm³/mol. The SMILES string of the molecule is [CH2]C(NC(C)C)C1CCCC1. The molecule has 1 nitrogen and oxygen atoms in total. The van der Waals surface area contributed by atoms with Gasteiger partial charge in [-0.25, -0.2) is 0 Å². The fourth-order valence-electron chi connectivity index (χ4n) is 1.92. The standard InChI is InChI=1S/C10H20N/c1-8(2)11-9(3)10-6-4-5-7-10/h8-11H,3-7H2,1-2H3. The molecule has 1 saturated carbocycles. The topological polar surface area (TPSA) is 12.0 Å². The molecular formula is C10H20N. The van der Waals surface area contributed by atoms with Crippen molar-refractivity contribution in [3.05, 3.63) is 6.92 Å². The van der Waals surface area contributed by atoms with Gasteiger partial charge in [0.2, 0.25) is 0 Å². The Kier molecular flexibility index (Phi) is 3.38. The second-order valence-electron chi connectivity index (χ2n) is 3.97. The molecule has 0 aromatic rings. The van der Waals surface area contributed by atoms with E-state index in [0.717, 1.165) is 5.92 Å². The molecule has 0 heterocycles. The predicted octanol–water partition coefficient (Wildman–Crippen LogP) is 2.38. The first-order valence-corrected chi connectivity index (χ1v) is 4.79. The monoisotopic (exact) mass is 154 g/mol. The summed E-state index contributed by atoms with van der Waals surface area (Å²) in [6.45, 7) is 8.52. The van der Waals surface area contributed by atoms with Gasteiger partial charge in [-0.15, -0.1) is 0 Å². The van der Waals surface area contributed by atoms with Gasteiger partial charge < -0.3 is 5.32 Å². The average molecular weight is 154 g/mol. The zero-order chi connectivity index (χ0) is 8.27. The summed E-state index contributed by atoms with van der Waals surface area (Å²) in [6.07, 6.45) is 5.59. The molecule has 0 spiro atoms. The summed E-state index contributed by atoms with van der Waals surface area (Å²) in [7, 11) is 0. The van der Waals surface area contributed by atoms with Crippen molar-refractivity contribution < 1.29 is 0 Å². The Morgan fingerprint density at radius 2 is 1.82 bits per heavy atom. The van der Waals surface area contributed by atoms with E-state index in [0.29, 0.717) is 12.1 Å². The number of nitrogens with one attached hydrogen (secondary N) is 1. The lowest BCUT2D eigenvalue weighted by Gasteiger charge is -2.22. The maximum absolute atomic E-state index is 4.15. The highest BCUT2D eigenvalue weighted by Crippen LogP contribution is 2.27. The van der Waals surface area contributed by atoms with Crippen LogP contribution in [0.5, 0.6) is 0 Å². The van der Waals surface area contributed by atoms with E-state index in [-0.39, 0.29) is 0 Å². The molecule has 0 bridgehead atoms. The highest BCUT2D eigenvalue weighted by atomic mass is 14.9. The Hall–Kier alpha value is -0.0400. The zero-order valence-electron chi connectivity index (χ0n) is 7.77. The van der Waals surface area contributed by atoms with Crippen LogP contribution in [0.15, 0.2) is 0 Å². The van der Waals surface area contributed by atoms with Crippen LogP contribution in [0.3, 0.4) is 0 Å². The third-order valence-corrected chi connectivity index (χ3v) is 2.52. The number of hydrogen-bond acceptors (Lipinski definition) is 1. The van der Waals surface area contributed by atoms with Crippen molar-refractivity contribution in [2.75, 3.05) is 0 Å². The minimum atomic E-state index is 0.484. The van der Waals surface area contributed by atoms with Crippen LogP contribution in [-0.4, -0.2) is 12.1 Å². The van der Waals surface area contributed by atoms with Gasteiger partial charge >= 0.3 is 0 Å². The fourth-order valence-corrected chi connectivity index (χ4v) is 1.92. The molecule has 0 aliphatic heterocycles. The van der Waals surface area contributed by atoms with Gasteiger partial charge in [0.1, 0.15) is 0 Å². The second kappa shape index (κ2) is 4.10. The first-order chi connectivity index (χ1) is 5.20. The molecule has 1 fully saturated rings. The lowest BCUT2D eigenvalue weighted by atomic mass is 9.99. The summed E-state index contributed by atoms with van der Waals surface area (Å²) in [5.74, 6) is 0.845. The zero-order valence-corrected chi connectivity index (χ0v) is 7.77. The summed E-state index contributed by atoms with van der Waals surface area (Å²) in [5, 5.41) is 3.47. The van der Waals surface area contributed by atoms with Gasteiger partial charge in [0.15, 0.2) is 0 Å². The van der Waals surface area contributed by atoms with Crippen LogP contribution in [0.4, 0.5) is 0 Å². The summed E-state index contributed by atoms with van der Waals surface area (Å²) in [5.41, 5.74) is 0. The molecule has 1 atom stereocenters. The molecule has 1 N–H and O–H groups in total. The average Bonchev–Trinajstić information content (AvgIpc) is 2.35. The van der Waals surface area contributed by atoms with Crippen LogP contribution in [0.1, 0.15) is 39.5 Å². The largest absolute Gasteiger partial charge is 0.312 e. The van der Waals surface area contributed by atoms with E-state index < -0.39 is 0 Å². The Labute approximate surface area is 70.6 Å². The Morgan fingerprint density at radius 1 is 1.27 bits per heavy atom. The highest BCUT2D eigenvalue weighted by Gasteiger charge is 2.21. The molecule has 11 heavy (non-hydrogen) atoms. The van der Waals surface area contributed by atoms with Gasteiger partial charge in [-0.1, -0.05) is 26.7 Å². The van der Waals surface area contributed by atoms with E-state index in [2.05, 4.69) is 26.1 Å². The van der Waals surface area contributed by atoms with Gasteiger partial charge in [-0.3, -0.25) is 0 Å². The lowest BCUT2D eigenvalue weighted by Crippen LogP contribution is -2.37. The van der Waals surface area contributed by atoms with Crippen molar-refractivity contribution in [1.82, 2.24) is 5.32 Å². The molecule has 0 amide bonds. The van der Waals surface area contributed by atoms with Crippen LogP contribution < -0.4 is 5.32 Å². The maximum Gasteiger partial charge on any atom is 0.00982 e. The van der Waals surface area contributed by atoms with Crippen LogP contribution >= 0.6 is 0 Å². The molecule has 0 saturated heterocycles. The van der Waals surface area contributed by atoms with E-state index in [9.17, 15) is 0 Å². The molecular weight excluding hydrogens is 134 g/mol. The Morgan fingerprint density at radius 3 is 2.27 bits per heavy atom. The van der Waals surface area contributed by atoms with E-state index in [4.69, 9.17) is 0 Å². The van der Waals surface area contributed by atoms with Gasteiger partial charge in [-0.05, 0) is 25.7 Å². The Bertz CT molecular complexity index is 103. The maximum atomic E-state index is 4.15. The minimum Gasteiger partial charge on any atom is -0.312 e. The lowest BCUT2D eigenvalue weighted by molar-refractivity contribution is 0.385. The summed E-state index contributed by atoms with van der Waals surface area (Å²) in [6, 6.07) is 1.07. The number of rotatable bonds is 3. The molecule has 65 valence electrons. The molecule has 1 unspecified atom stereocenters. The fraction of sp³-hybridized carbons (Fsp3) is 0.900. The van der Waals surface area contributed by atoms with Crippen LogP contribution in [0, 0.1) is 12.8 Å². The third kappa shape index (κ3) is 2.82. The molecule has 1 aliphatic rings. The van der Waals surface area contributed by atoms with Gasteiger partial charge in [-0.2, -0.15) is 0 Å². The minimum absolute atomic E-state index is 0.484. The smallest absolute Gasteiger partial charge is 0.00982 e. The molecule has 1 aliphatic carbocycles. The van der Waals surface area contributed by atoms with Crippen molar-refractivity contribution in [3.8, 4) is 0 Å². The third-order valence-electron chi connectivity index (χ3n) is 2.52. The second-order valence-corrected chi connectivity index (χ2v) is 3.97. The van der Waals surface area contributed by atoms with Crippen molar-refractivity contribution in [2.24, 2.45) is 5.92 Å². The van der Waals surface area contributed by atoms with E-state index in [1.165, 1.54) is 25.7 Å². The van der Waals surface area contributed by atoms with Crippen molar-refractivity contribution in [3.63, 3.8) is 0 Å². The van der Waals surface area contributed by atoms with Crippen molar-refractivity contribution in [1.29, 1.82) is 0 Å². The van der Waals surface area contributed by atoms with Gasteiger partial charge in [0.25, 0.3) is 0 Å². The summed E-state index contributed by atoms with van der Waals surface area (Å²) < 4.78 is 0. The van der Waals surface area contributed by atoms with Crippen LogP contribution in [-0.2, 0) is 0 Å². The van der Waals surface area contributed by atoms with Crippen LogP contribution in [0.25, 0.3) is 0 Å². The molecule has 0 aromatic heterocycles.